The van der Waals surface area contributed by atoms with Crippen LogP contribution in [0.4, 0.5) is 5.69 Å². The van der Waals surface area contributed by atoms with Gasteiger partial charge in [0, 0.05) is 37.2 Å². The number of aryl methyl sites for hydroxylation is 1. The van der Waals surface area contributed by atoms with Crippen LogP contribution in [0.5, 0.6) is 5.75 Å². The molecule has 27 heavy (non-hydrogen) atoms. The fraction of sp³-hybridized carbons (Fsp3) is 0.250. The Morgan fingerprint density at radius 1 is 1.19 bits per heavy atom. The maximum atomic E-state index is 12.8. The number of amides is 2. The van der Waals surface area contributed by atoms with E-state index in [0.717, 1.165) is 16.9 Å². The van der Waals surface area contributed by atoms with Gasteiger partial charge >= 0.3 is 0 Å². The number of hydrogen-bond donors (Lipinski definition) is 0. The molecule has 1 fully saturated rings. The summed E-state index contributed by atoms with van der Waals surface area (Å²) in [5.41, 5.74) is 2.87. The first-order chi connectivity index (χ1) is 13.1. The molecule has 0 unspecified atom stereocenters. The number of ether oxygens (including phenoxy) is 1. The van der Waals surface area contributed by atoms with Crippen LogP contribution < -0.4 is 9.64 Å². The molecule has 0 aliphatic carbocycles. The molecular formula is C20H20N4O3. The van der Waals surface area contributed by atoms with Crippen LogP contribution in [0.2, 0.25) is 0 Å². The monoisotopic (exact) mass is 364 g/mol. The minimum atomic E-state index is -0.225. The number of fused-ring (bicyclic) bond motifs is 1. The first-order valence-electron chi connectivity index (χ1n) is 8.75. The molecule has 3 aromatic rings. The number of piperazine rings is 1. The summed E-state index contributed by atoms with van der Waals surface area (Å²) >= 11 is 0. The van der Waals surface area contributed by atoms with Gasteiger partial charge in [0.25, 0.3) is 5.91 Å². The average molecular weight is 364 g/mol. The predicted octanol–water partition coefficient (Wildman–Crippen LogP) is 2.14. The van der Waals surface area contributed by atoms with Crippen LogP contribution in [0.25, 0.3) is 5.65 Å². The van der Waals surface area contributed by atoms with Crippen molar-refractivity contribution in [3.8, 4) is 5.75 Å². The second kappa shape index (κ2) is 6.75. The Kier molecular flexibility index (Phi) is 4.27. The third-order valence-electron chi connectivity index (χ3n) is 4.77. The Labute approximate surface area is 156 Å². The highest BCUT2D eigenvalue weighted by Gasteiger charge is 2.30. The molecular weight excluding hydrogens is 344 g/mol. The van der Waals surface area contributed by atoms with Gasteiger partial charge in [-0.2, -0.15) is 0 Å². The minimum Gasteiger partial charge on any atom is -0.497 e. The van der Waals surface area contributed by atoms with Gasteiger partial charge in [-0.15, -0.1) is 0 Å². The molecule has 4 rings (SSSR count). The van der Waals surface area contributed by atoms with E-state index in [1.807, 2.05) is 53.9 Å². The van der Waals surface area contributed by atoms with E-state index in [9.17, 15) is 9.59 Å². The first kappa shape index (κ1) is 17.1. The van der Waals surface area contributed by atoms with Gasteiger partial charge in [-0.1, -0.05) is 12.1 Å². The smallest absolute Gasteiger partial charge is 0.274 e. The number of pyridine rings is 1. The van der Waals surface area contributed by atoms with Gasteiger partial charge in [0.15, 0.2) is 0 Å². The molecule has 1 saturated heterocycles. The Hall–Kier alpha value is -3.35. The van der Waals surface area contributed by atoms with E-state index in [0.29, 0.717) is 24.5 Å². The molecule has 0 atom stereocenters. The summed E-state index contributed by atoms with van der Waals surface area (Å²) in [4.78, 5) is 33.1. The summed E-state index contributed by atoms with van der Waals surface area (Å²) in [6.45, 7) is 2.87. The number of imidazole rings is 1. The van der Waals surface area contributed by atoms with Crippen LogP contribution in [0.3, 0.4) is 0 Å². The van der Waals surface area contributed by atoms with Crippen LogP contribution in [0.1, 0.15) is 16.1 Å². The second-order valence-electron chi connectivity index (χ2n) is 6.52. The number of nitrogens with zero attached hydrogens (tertiary/aromatic N) is 4. The van der Waals surface area contributed by atoms with Crippen LogP contribution in [0.15, 0.2) is 48.8 Å². The molecule has 3 heterocycles. The summed E-state index contributed by atoms with van der Waals surface area (Å²) in [6.07, 6.45) is 3.57. The van der Waals surface area contributed by atoms with E-state index in [1.54, 1.807) is 23.1 Å². The van der Waals surface area contributed by atoms with Crippen molar-refractivity contribution in [3.63, 3.8) is 0 Å². The van der Waals surface area contributed by atoms with Crippen molar-refractivity contribution < 1.29 is 14.3 Å². The van der Waals surface area contributed by atoms with E-state index in [1.165, 1.54) is 0 Å². The van der Waals surface area contributed by atoms with E-state index in [2.05, 4.69) is 4.98 Å². The van der Waals surface area contributed by atoms with E-state index in [4.69, 9.17) is 4.74 Å². The standard InChI is InChI=1S/C20H20N4O3/c1-14-5-4-8-22-12-17(21-19(14)22)20(26)23-9-10-24(18(25)13-23)15-6-3-7-16(11-15)27-2/h3-8,11-12H,9-10,13H2,1-2H3. The van der Waals surface area contributed by atoms with Crippen molar-refractivity contribution in [2.45, 2.75) is 6.92 Å². The van der Waals surface area contributed by atoms with Gasteiger partial charge < -0.3 is 18.9 Å². The highest BCUT2D eigenvalue weighted by Crippen LogP contribution is 2.23. The summed E-state index contributed by atoms with van der Waals surface area (Å²) < 4.78 is 7.05. The molecule has 0 bridgehead atoms. The number of carbonyl (C=O) groups is 2. The lowest BCUT2D eigenvalue weighted by Gasteiger charge is -2.34. The SMILES string of the molecule is COc1cccc(N2CCN(C(=O)c3cn4cccc(C)c4n3)CC2=O)c1. The molecule has 1 aliphatic heterocycles. The Bertz CT molecular complexity index is 1030. The summed E-state index contributed by atoms with van der Waals surface area (Å²) in [5, 5.41) is 0. The van der Waals surface area contributed by atoms with E-state index >= 15 is 0 Å². The van der Waals surface area contributed by atoms with Gasteiger partial charge in [-0.3, -0.25) is 9.59 Å². The number of methoxy groups -OCH3 is 1. The van der Waals surface area contributed by atoms with Crippen LogP contribution in [-0.2, 0) is 4.79 Å². The highest BCUT2D eigenvalue weighted by atomic mass is 16.5. The van der Waals surface area contributed by atoms with E-state index < -0.39 is 0 Å². The molecule has 138 valence electrons. The van der Waals surface area contributed by atoms with Crippen LogP contribution in [0, 0.1) is 6.92 Å². The molecule has 0 saturated carbocycles. The summed E-state index contributed by atoms with van der Waals surface area (Å²) in [7, 11) is 1.59. The van der Waals surface area contributed by atoms with E-state index in [-0.39, 0.29) is 18.4 Å². The normalized spacial score (nSPS) is 14.7. The van der Waals surface area contributed by atoms with Gasteiger partial charge in [0.1, 0.15) is 23.6 Å². The van der Waals surface area contributed by atoms with Crippen LogP contribution in [-0.4, -0.2) is 52.8 Å². The zero-order chi connectivity index (χ0) is 19.0. The molecule has 7 heteroatoms. The second-order valence-corrected chi connectivity index (χ2v) is 6.52. The molecule has 1 aromatic carbocycles. The average Bonchev–Trinajstić information content (AvgIpc) is 3.13. The van der Waals surface area contributed by atoms with Crippen molar-refractivity contribution in [2.75, 3.05) is 31.6 Å². The van der Waals surface area contributed by atoms with Crippen molar-refractivity contribution in [1.29, 1.82) is 0 Å². The van der Waals surface area contributed by atoms with Crippen LogP contribution >= 0.6 is 0 Å². The zero-order valence-electron chi connectivity index (χ0n) is 15.3. The molecule has 2 aromatic heterocycles. The van der Waals surface area contributed by atoms with Crippen molar-refractivity contribution in [1.82, 2.24) is 14.3 Å². The number of aromatic nitrogens is 2. The molecule has 1 aliphatic rings. The molecule has 0 spiro atoms. The molecule has 0 N–H and O–H groups in total. The van der Waals surface area contributed by atoms with Gasteiger partial charge in [-0.05, 0) is 30.7 Å². The van der Waals surface area contributed by atoms with Gasteiger partial charge in [-0.25, -0.2) is 4.98 Å². The maximum Gasteiger partial charge on any atom is 0.274 e. The molecule has 0 radical (unpaired) electrons. The summed E-state index contributed by atoms with van der Waals surface area (Å²) in [5.74, 6) is 0.346. The number of anilines is 1. The number of rotatable bonds is 3. The molecule has 7 nitrogen and oxygen atoms in total. The summed E-state index contributed by atoms with van der Waals surface area (Å²) in [6, 6.07) is 11.2. The first-order valence-corrected chi connectivity index (χ1v) is 8.75. The van der Waals surface area contributed by atoms with Crippen molar-refractivity contribution in [2.24, 2.45) is 0 Å². The number of benzene rings is 1. The predicted molar refractivity (Wildman–Crippen MR) is 101 cm³/mol. The topological polar surface area (TPSA) is 67.2 Å². The highest BCUT2D eigenvalue weighted by molar-refractivity contribution is 6.01. The minimum absolute atomic E-state index is 0.0307. The van der Waals surface area contributed by atoms with Crippen molar-refractivity contribution >= 4 is 23.1 Å². The Morgan fingerprint density at radius 3 is 2.78 bits per heavy atom. The van der Waals surface area contributed by atoms with Gasteiger partial charge in [0.05, 0.1) is 7.11 Å². The lowest BCUT2D eigenvalue weighted by Crippen LogP contribution is -2.52. The largest absolute Gasteiger partial charge is 0.497 e. The Balaban J connectivity index is 1.52. The molecule has 2 amide bonds. The quantitative estimate of drug-likeness (QED) is 0.714. The lowest BCUT2D eigenvalue weighted by atomic mass is 10.2. The Morgan fingerprint density at radius 2 is 2.04 bits per heavy atom. The number of carbonyl (C=O) groups excluding carboxylic acids is 2. The maximum absolute atomic E-state index is 12.8. The fourth-order valence-corrected chi connectivity index (χ4v) is 3.32. The zero-order valence-corrected chi connectivity index (χ0v) is 15.3. The lowest BCUT2D eigenvalue weighted by molar-refractivity contribution is -0.120. The van der Waals surface area contributed by atoms with Crippen molar-refractivity contribution in [3.05, 3.63) is 60.0 Å². The third kappa shape index (κ3) is 3.12. The number of hydrogen-bond acceptors (Lipinski definition) is 4. The third-order valence-corrected chi connectivity index (χ3v) is 4.77. The van der Waals surface area contributed by atoms with Gasteiger partial charge in [0.2, 0.25) is 5.91 Å². The fourth-order valence-electron chi connectivity index (χ4n) is 3.32.